The molecule has 5 nitrogen and oxygen atoms in total. The van der Waals surface area contributed by atoms with Crippen LogP contribution in [0.5, 0.6) is 5.75 Å². The Labute approximate surface area is 124 Å². The zero-order chi connectivity index (χ0) is 15.2. The molecule has 0 aliphatic heterocycles. The lowest BCUT2D eigenvalue weighted by molar-refractivity contribution is 0.262. The van der Waals surface area contributed by atoms with E-state index in [1.807, 2.05) is 26.0 Å². The Bertz CT molecular complexity index is 624. The minimum atomic E-state index is -0.338. The first kappa shape index (κ1) is 14.7. The smallest absolute Gasteiger partial charge is 0.323 e. The SMILES string of the molecule is CCOc1ccc(NC(=O)Nc2ccc(C)cc2N)cc1. The molecule has 0 spiro atoms. The Morgan fingerprint density at radius 2 is 1.86 bits per heavy atom. The molecule has 0 fully saturated rings. The van der Waals surface area contributed by atoms with Crippen LogP contribution in [0.15, 0.2) is 42.5 Å². The van der Waals surface area contributed by atoms with Gasteiger partial charge in [0.1, 0.15) is 5.75 Å². The van der Waals surface area contributed by atoms with Crippen molar-refractivity contribution in [3.63, 3.8) is 0 Å². The standard InChI is InChI=1S/C16H19N3O2/c1-3-21-13-7-5-12(6-8-13)18-16(20)19-15-9-4-11(2)10-14(15)17/h4-10H,3,17H2,1-2H3,(H2,18,19,20). The van der Waals surface area contributed by atoms with Gasteiger partial charge in [-0.1, -0.05) is 6.07 Å². The molecule has 0 atom stereocenters. The molecular formula is C16H19N3O2. The van der Waals surface area contributed by atoms with Crippen molar-refractivity contribution in [3.8, 4) is 5.75 Å². The number of rotatable bonds is 4. The summed E-state index contributed by atoms with van der Waals surface area (Å²) in [5.41, 5.74) is 8.71. The lowest BCUT2D eigenvalue weighted by atomic mass is 10.2. The normalized spacial score (nSPS) is 10.0. The first-order chi connectivity index (χ1) is 10.1. The van der Waals surface area contributed by atoms with Crippen LogP contribution in [0.3, 0.4) is 0 Å². The summed E-state index contributed by atoms with van der Waals surface area (Å²) >= 11 is 0. The minimum absolute atomic E-state index is 0.338. The third kappa shape index (κ3) is 4.14. The lowest BCUT2D eigenvalue weighted by Gasteiger charge is -2.10. The highest BCUT2D eigenvalue weighted by atomic mass is 16.5. The molecule has 0 aliphatic rings. The van der Waals surface area contributed by atoms with E-state index in [4.69, 9.17) is 10.5 Å². The van der Waals surface area contributed by atoms with Gasteiger partial charge < -0.3 is 21.1 Å². The molecule has 2 rings (SSSR count). The third-order valence-corrected chi connectivity index (χ3v) is 2.88. The first-order valence-electron chi connectivity index (χ1n) is 6.75. The number of urea groups is 1. The van der Waals surface area contributed by atoms with E-state index in [1.54, 1.807) is 30.3 Å². The van der Waals surface area contributed by atoms with Crippen molar-refractivity contribution in [3.05, 3.63) is 48.0 Å². The summed E-state index contributed by atoms with van der Waals surface area (Å²) in [4.78, 5) is 11.9. The molecule has 110 valence electrons. The molecule has 21 heavy (non-hydrogen) atoms. The number of nitrogens with one attached hydrogen (secondary N) is 2. The predicted octanol–water partition coefficient (Wildman–Crippen LogP) is 3.62. The van der Waals surface area contributed by atoms with Crippen LogP contribution in [-0.2, 0) is 0 Å². The Morgan fingerprint density at radius 1 is 1.14 bits per heavy atom. The molecule has 0 aliphatic carbocycles. The van der Waals surface area contributed by atoms with E-state index in [2.05, 4.69) is 10.6 Å². The van der Waals surface area contributed by atoms with E-state index < -0.39 is 0 Å². The van der Waals surface area contributed by atoms with Gasteiger partial charge in [-0.2, -0.15) is 0 Å². The molecule has 0 saturated heterocycles. The van der Waals surface area contributed by atoms with Gasteiger partial charge in [-0.25, -0.2) is 4.79 Å². The number of hydrogen-bond donors (Lipinski definition) is 3. The van der Waals surface area contributed by atoms with Gasteiger partial charge in [0.2, 0.25) is 0 Å². The highest BCUT2D eigenvalue weighted by molar-refractivity contribution is 6.01. The fourth-order valence-corrected chi connectivity index (χ4v) is 1.88. The van der Waals surface area contributed by atoms with Gasteiger partial charge >= 0.3 is 6.03 Å². The van der Waals surface area contributed by atoms with Crippen LogP contribution in [-0.4, -0.2) is 12.6 Å². The quantitative estimate of drug-likeness (QED) is 0.751. The fraction of sp³-hybridized carbons (Fsp3) is 0.188. The van der Waals surface area contributed by atoms with Crippen LogP contribution < -0.4 is 21.1 Å². The number of carbonyl (C=O) groups excluding carboxylic acids is 1. The van der Waals surface area contributed by atoms with Crippen molar-refractivity contribution < 1.29 is 9.53 Å². The number of nitrogen functional groups attached to an aromatic ring is 1. The second kappa shape index (κ2) is 6.65. The molecule has 2 aromatic rings. The van der Waals surface area contributed by atoms with Crippen LogP contribution >= 0.6 is 0 Å². The van der Waals surface area contributed by atoms with Gasteiger partial charge in [0.25, 0.3) is 0 Å². The molecule has 5 heteroatoms. The number of nitrogens with two attached hydrogens (primary N) is 1. The number of anilines is 3. The van der Waals surface area contributed by atoms with Gasteiger partial charge in [0.15, 0.2) is 0 Å². The summed E-state index contributed by atoms with van der Waals surface area (Å²) in [6, 6.07) is 12.3. The average Bonchev–Trinajstić information content (AvgIpc) is 2.44. The van der Waals surface area contributed by atoms with Crippen LogP contribution in [0.4, 0.5) is 21.9 Å². The van der Waals surface area contributed by atoms with Gasteiger partial charge in [0, 0.05) is 5.69 Å². The zero-order valence-electron chi connectivity index (χ0n) is 12.1. The summed E-state index contributed by atoms with van der Waals surface area (Å²) in [5.74, 6) is 0.770. The van der Waals surface area contributed by atoms with Crippen molar-refractivity contribution in [2.75, 3.05) is 23.0 Å². The molecule has 2 aromatic carbocycles. The molecule has 0 bridgehead atoms. The minimum Gasteiger partial charge on any atom is -0.494 e. The average molecular weight is 285 g/mol. The van der Waals surface area contributed by atoms with Crippen molar-refractivity contribution in [2.24, 2.45) is 0 Å². The zero-order valence-corrected chi connectivity index (χ0v) is 12.1. The van der Waals surface area contributed by atoms with Gasteiger partial charge in [-0.3, -0.25) is 0 Å². The number of benzene rings is 2. The molecule has 0 unspecified atom stereocenters. The lowest BCUT2D eigenvalue weighted by Crippen LogP contribution is -2.20. The maximum atomic E-state index is 11.9. The number of ether oxygens (including phenoxy) is 1. The van der Waals surface area contributed by atoms with Gasteiger partial charge in [-0.15, -0.1) is 0 Å². The van der Waals surface area contributed by atoms with Crippen LogP contribution in [0.2, 0.25) is 0 Å². The summed E-state index contributed by atoms with van der Waals surface area (Å²) in [5, 5.41) is 5.46. The third-order valence-electron chi connectivity index (χ3n) is 2.88. The Morgan fingerprint density at radius 3 is 2.48 bits per heavy atom. The summed E-state index contributed by atoms with van der Waals surface area (Å²) < 4.78 is 5.34. The van der Waals surface area contributed by atoms with Crippen LogP contribution in [0, 0.1) is 6.92 Å². The highest BCUT2D eigenvalue weighted by Gasteiger charge is 2.05. The van der Waals surface area contributed by atoms with Gasteiger partial charge in [0.05, 0.1) is 18.0 Å². The summed E-state index contributed by atoms with van der Waals surface area (Å²) in [6.07, 6.45) is 0. The number of amides is 2. The van der Waals surface area contributed by atoms with Crippen LogP contribution in [0.25, 0.3) is 0 Å². The molecule has 2 amide bonds. The van der Waals surface area contributed by atoms with E-state index in [0.29, 0.717) is 23.7 Å². The van der Waals surface area contributed by atoms with Crippen molar-refractivity contribution in [1.29, 1.82) is 0 Å². The number of carbonyl (C=O) groups is 1. The topological polar surface area (TPSA) is 76.4 Å². The van der Waals surface area contributed by atoms with Crippen molar-refractivity contribution in [2.45, 2.75) is 13.8 Å². The molecule has 0 saturated carbocycles. The molecule has 0 aromatic heterocycles. The second-order valence-corrected chi connectivity index (χ2v) is 4.63. The van der Waals surface area contributed by atoms with Crippen molar-refractivity contribution in [1.82, 2.24) is 0 Å². The molecule has 0 radical (unpaired) electrons. The fourth-order valence-electron chi connectivity index (χ4n) is 1.88. The first-order valence-corrected chi connectivity index (χ1v) is 6.75. The highest BCUT2D eigenvalue weighted by Crippen LogP contribution is 2.20. The summed E-state index contributed by atoms with van der Waals surface area (Å²) in [7, 11) is 0. The van der Waals surface area contributed by atoms with Crippen molar-refractivity contribution >= 4 is 23.1 Å². The largest absolute Gasteiger partial charge is 0.494 e. The Hall–Kier alpha value is -2.69. The Kier molecular flexibility index (Phi) is 4.66. The van der Waals surface area contributed by atoms with E-state index in [0.717, 1.165) is 11.3 Å². The number of aryl methyl sites for hydroxylation is 1. The van der Waals surface area contributed by atoms with E-state index in [1.165, 1.54) is 0 Å². The predicted molar refractivity (Wildman–Crippen MR) is 85.8 cm³/mol. The van der Waals surface area contributed by atoms with Gasteiger partial charge in [-0.05, 0) is 55.8 Å². The second-order valence-electron chi connectivity index (χ2n) is 4.63. The Balaban J connectivity index is 1.98. The molecular weight excluding hydrogens is 266 g/mol. The van der Waals surface area contributed by atoms with E-state index in [9.17, 15) is 4.79 Å². The molecule has 4 N–H and O–H groups in total. The monoisotopic (exact) mass is 285 g/mol. The van der Waals surface area contributed by atoms with E-state index >= 15 is 0 Å². The maximum Gasteiger partial charge on any atom is 0.323 e. The summed E-state index contributed by atoms with van der Waals surface area (Å²) in [6.45, 7) is 4.48. The van der Waals surface area contributed by atoms with Crippen LogP contribution in [0.1, 0.15) is 12.5 Å². The maximum absolute atomic E-state index is 11.9. The number of hydrogen-bond acceptors (Lipinski definition) is 3. The van der Waals surface area contributed by atoms with E-state index in [-0.39, 0.29) is 6.03 Å². The molecule has 0 heterocycles.